The number of carbonyl (C=O) groups is 1. The van der Waals surface area contributed by atoms with Crippen molar-refractivity contribution < 1.29 is 23.1 Å². The van der Waals surface area contributed by atoms with E-state index in [1.807, 2.05) is 0 Å². The molecule has 1 aliphatic rings. The summed E-state index contributed by atoms with van der Waals surface area (Å²) in [4.78, 5) is 11.1. The van der Waals surface area contributed by atoms with Gasteiger partial charge in [-0.3, -0.25) is 4.79 Å². The summed E-state index contributed by atoms with van der Waals surface area (Å²) in [6.45, 7) is 3.89. The molecule has 1 saturated carbocycles. The van der Waals surface area contributed by atoms with Gasteiger partial charge in [-0.25, -0.2) is 0 Å². The Bertz CT molecular complexity index is 584. The molecule has 1 aliphatic carbocycles. The Morgan fingerprint density at radius 1 is 1.29 bits per heavy atom. The van der Waals surface area contributed by atoms with Gasteiger partial charge in [0.15, 0.2) is 0 Å². The van der Waals surface area contributed by atoms with E-state index in [2.05, 4.69) is 5.32 Å². The van der Waals surface area contributed by atoms with Gasteiger partial charge in [-0.05, 0) is 57.2 Å². The van der Waals surface area contributed by atoms with Crippen molar-refractivity contribution in [2.45, 2.75) is 57.7 Å². The van der Waals surface area contributed by atoms with Crippen LogP contribution in [0.2, 0.25) is 0 Å². The maximum atomic E-state index is 12.9. The zero-order valence-electron chi connectivity index (χ0n) is 14.0. The van der Waals surface area contributed by atoms with Crippen LogP contribution >= 0.6 is 0 Å². The number of carboxylic acids is 1. The predicted octanol–water partition coefficient (Wildman–Crippen LogP) is 4.43. The zero-order chi connectivity index (χ0) is 18.0. The minimum Gasteiger partial charge on any atom is -0.481 e. The highest BCUT2D eigenvalue weighted by Crippen LogP contribution is 2.37. The number of hydrogen-bond acceptors (Lipinski definition) is 2. The van der Waals surface area contributed by atoms with Crippen molar-refractivity contribution in [2.24, 2.45) is 5.41 Å². The van der Waals surface area contributed by atoms with Crippen LogP contribution in [-0.2, 0) is 11.0 Å². The fourth-order valence-corrected chi connectivity index (χ4v) is 3.23. The number of benzene rings is 1. The highest BCUT2D eigenvalue weighted by molar-refractivity contribution is 5.73. The van der Waals surface area contributed by atoms with Crippen LogP contribution in [0.1, 0.15) is 56.6 Å². The Kier molecular flexibility index (Phi) is 5.58. The summed E-state index contributed by atoms with van der Waals surface area (Å²) in [6.07, 6.45) is -1.15. The average Bonchev–Trinajstić information content (AvgIpc) is 2.94. The van der Waals surface area contributed by atoms with Crippen molar-refractivity contribution in [3.05, 3.63) is 35.4 Å². The topological polar surface area (TPSA) is 49.3 Å². The molecule has 24 heavy (non-hydrogen) atoms. The number of alkyl halides is 3. The SMILES string of the molecule is CC(C)(CCNC1CCCC1c1cccc(C(F)(F)F)c1)C(=O)O. The summed E-state index contributed by atoms with van der Waals surface area (Å²) < 4.78 is 38.7. The molecule has 0 radical (unpaired) electrons. The molecule has 0 bridgehead atoms. The molecule has 1 aromatic carbocycles. The lowest BCUT2D eigenvalue weighted by atomic mass is 9.89. The highest BCUT2D eigenvalue weighted by Gasteiger charge is 2.34. The second-order valence-corrected chi connectivity index (χ2v) is 7.16. The normalized spacial score (nSPS) is 21.9. The number of rotatable bonds is 6. The van der Waals surface area contributed by atoms with Gasteiger partial charge in [0, 0.05) is 6.04 Å². The van der Waals surface area contributed by atoms with Gasteiger partial charge in [0.2, 0.25) is 0 Å². The molecule has 0 saturated heterocycles. The quantitative estimate of drug-likeness (QED) is 0.803. The first-order valence-electron chi connectivity index (χ1n) is 8.25. The van der Waals surface area contributed by atoms with Crippen LogP contribution < -0.4 is 5.32 Å². The predicted molar refractivity (Wildman–Crippen MR) is 85.9 cm³/mol. The van der Waals surface area contributed by atoms with Gasteiger partial charge in [-0.1, -0.05) is 24.6 Å². The van der Waals surface area contributed by atoms with Crippen LogP contribution in [0.25, 0.3) is 0 Å². The fraction of sp³-hybridized carbons (Fsp3) is 0.611. The van der Waals surface area contributed by atoms with Crippen LogP contribution in [0.5, 0.6) is 0 Å². The molecule has 2 atom stereocenters. The van der Waals surface area contributed by atoms with Gasteiger partial charge >= 0.3 is 12.1 Å². The summed E-state index contributed by atoms with van der Waals surface area (Å²) >= 11 is 0. The molecule has 0 heterocycles. The first-order chi connectivity index (χ1) is 11.1. The summed E-state index contributed by atoms with van der Waals surface area (Å²) in [6, 6.07) is 5.64. The van der Waals surface area contributed by atoms with E-state index in [1.165, 1.54) is 12.1 Å². The van der Waals surface area contributed by atoms with Crippen molar-refractivity contribution in [1.29, 1.82) is 0 Å². The molecule has 1 fully saturated rings. The maximum Gasteiger partial charge on any atom is 0.416 e. The molecule has 6 heteroatoms. The van der Waals surface area contributed by atoms with Crippen molar-refractivity contribution in [2.75, 3.05) is 6.54 Å². The Balaban J connectivity index is 2.02. The summed E-state index contributed by atoms with van der Waals surface area (Å²) in [7, 11) is 0. The van der Waals surface area contributed by atoms with Crippen molar-refractivity contribution >= 4 is 5.97 Å². The Labute approximate surface area is 140 Å². The van der Waals surface area contributed by atoms with E-state index in [4.69, 9.17) is 5.11 Å². The van der Waals surface area contributed by atoms with Crippen LogP contribution in [0, 0.1) is 5.41 Å². The first kappa shape index (κ1) is 18.8. The van der Waals surface area contributed by atoms with Crippen LogP contribution in [0.3, 0.4) is 0 Å². The molecule has 0 amide bonds. The zero-order valence-corrected chi connectivity index (χ0v) is 14.0. The smallest absolute Gasteiger partial charge is 0.416 e. The standard InChI is InChI=1S/C18H24F3NO2/c1-17(2,16(23)24)9-10-22-15-8-4-7-14(15)12-5-3-6-13(11-12)18(19,20)21/h3,5-6,11,14-15,22H,4,7-10H2,1-2H3,(H,23,24). The molecule has 134 valence electrons. The van der Waals surface area contributed by atoms with Gasteiger partial charge in [0.1, 0.15) is 0 Å². The average molecular weight is 343 g/mol. The Hall–Kier alpha value is -1.56. The third kappa shape index (κ3) is 4.50. The molecular formula is C18H24F3NO2. The van der Waals surface area contributed by atoms with Gasteiger partial charge in [0.25, 0.3) is 0 Å². The maximum absolute atomic E-state index is 12.9. The second-order valence-electron chi connectivity index (χ2n) is 7.16. The highest BCUT2D eigenvalue weighted by atomic mass is 19.4. The van der Waals surface area contributed by atoms with Gasteiger partial charge in [0.05, 0.1) is 11.0 Å². The lowest BCUT2D eigenvalue weighted by Crippen LogP contribution is -2.36. The Morgan fingerprint density at radius 3 is 2.62 bits per heavy atom. The fourth-order valence-electron chi connectivity index (χ4n) is 3.23. The molecule has 2 unspecified atom stereocenters. The van der Waals surface area contributed by atoms with Crippen LogP contribution in [0.4, 0.5) is 13.2 Å². The molecule has 2 rings (SSSR count). The van der Waals surface area contributed by atoms with E-state index in [0.29, 0.717) is 18.5 Å². The molecule has 0 spiro atoms. The molecule has 2 N–H and O–H groups in total. The monoisotopic (exact) mass is 343 g/mol. The molecule has 0 aliphatic heterocycles. The summed E-state index contributed by atoms with van der Waals surface area (Å²) in [5.41, 5.74) is -0.716. The summed E-state index contributed by atoms with van der Waals surface area (Å²) in [5.74, 6) is -0.801. The van der Waals surface area contributed by atoms with E-state index in [0.717, 1.165) is 25.3 Å². The minimum atomic E-state index is -4.33. The molecule has 1 aromatic rings. The van der Waals surface area contributed by atoms with Crippen molar-refractivity contribution in [3.63, 3.8) is 0 Å². The van der Waals surface area contributed by atoms with Crippen LogP contribution in [0.15, 0.2) is 24.3 Å². The minimum absolute atomic E-state index is 0.0419. The number of hydrogen-bond donors (Lipinski definition) is 2. The van der Waals surface area contributed by atoms with E-state index in [9.17, 15) is 18.0 Å². The third-order valence-corrected chi connectivity index (χ3v) is 4.89. The lowest BCUT2D eigenvalue weighted by Gasteiger charge is -2.25. The number of carboxylic acid groups (broad SMARTS) is 1. The Morgan fingerprint density at radius 2 is 2.00 bits per heavy atom. The lowest BCUT2D eigenvalue weighted by molar-refractivity contribution is -0.147. The summed E-state index contributed by atoms with van der Waals surface area (Å²) in [5, 5.41) is 12.5. The van der Waals surface area contributed by atoms with Gasteiger partial charge < -0.3 is 10.4 Å². The van der Waals surface area contributed by atoms with Gasteiger partial charge in [-0.15, -0.1) is 0 Å². The number of nitrogens with one attached hydrogen (secondary N) is 1. The van der Waals surface area contributed by atoms with E-state index < -0.39 is 23.1 Å². The molecule has 3 nitrogen and oxygen atoms in total. The van der Waals surface area contributed by atoms with Crippen molar-refractivity contribution in [1.82, 2.24) is 5.32 Å². The molecular weight excluding hydrogens is 319 g/mol. The van der Waals surface area contributed by atoms with Gasteiger partial charge in [-0.2, -0.15) is 13.2 Å². The van der Waals surface area contributed by atoms with Crippen LogP contribution in [-0.4, -0.2) is 23.7 Å². The van der Waals surface area contributed by atoms with E-state index >= 15 is 0 Å². The largest absolute Gasteiger partial charge is 0.481 e. The van der Waals surface area contributed by atoms with E-state index in [-0.39, 0.29) is 12.0 Å². The second kappa shape index (κ2) is 7.13. The van der Waals surface area contributed by atoms with Crippen molar-refractivity contribution in [3.8, 4) is 0 Å². The number of aliphatic carboxylic acids is 1. The molecule has 0 aromatic heterocycles. The number of halogens is 3. The third-order valence-electron chi connectivity index (χ3n) is 4.89. The van der Waals surface area contributed by atoms with E-state index in [1.54, 1.807) is 19.9 Å². The first-order valence-corrected chi connectivity index (χ1v) is 8.25.